The molecule has 1 aromatic carbocycles. The van der Waals surface area contributed by atoms with Gasteiger partial charge in [-0.2, -0.15) is 0 Å². The van der Waals surface area contributed by atoms with Gasteiger partial charge in [-0.1, -0.05) is 6.92 Å². The Hall–Kier alpha value is -1.62. The van der Waals surface area contributed by atoms with Gasteiger partial charge in [0.1, 0.15) is 5.82 Å². The Bertz CT molecular complexity index is 438. The van der Waals surface area contributed by atoms with E-state index >= 15 is 0 Å². The van der Waals surface area contributed by atoms with Crippen molar-refractivity contribution in [2.24, 2.45) is 5.73 Å². The predicted molar refractivity (Wildman–Crippen MR) is 80.8 cm³/mol. The lowest BCUT2D eigenvalue weighted by molar-refractivity contribution is 0.184. The summed E-state index contributed by atoms with van der Waals surface area (Å²) in [5, 5.41) is 7.45. The van der Waals surface area contributed by atoms with Crippen LogP contribution in [0.1, 0.15) is 19.8 Å². The third kappa shape index (κ3) is 3.70. The molecule has 0 bridgehead atoms. The lowest BCUT2D eigenvalue weighted by atomic mass is 10.1. The topological polar surface area (TPSA) is 56.4 Å². The van der Waals surface area contributed by atoms with E-state index in [9.17, 15) is 4.39 Å². The van der Waals surface area contributed by atoms with Crippen molar-refractivity contribution in [3.05, 3.63) is 30.1 Å². The molecule has 1 heterocycles. The van der Waals surface area contributed by atoms with Crippen LogP contribution in [-0.4, -0.2) is 43.0 Å². The van der Waals surface area contributed by atoms with Gasteiger partial charge in [0.2, 0.25) is 0 Å². The Balaban J connectivity index is 1.91. The quantitative estimate of drug-likeness (QED) is 0.640. The van der Waals surface area contributed by atoms with Crippen molar-refractivity contribution in [1.29, 1.82) is 5.41 Å². The van der Waals surface area contributed by atoms with Gasteiger partial charge in [0.25, 0.3) is 0 Å². The Morgan fingerprint density at radius 1 is 1.25 bits per heavy atom. The van der Waals surface area contributed by atoms with E-state index in [1.165, 1.54) is 12.1 Å². The van der Waals surface area contributed by atoms with Gasteiger partial charge in [-0.15, -0.1) is 0 Å². The second-order valence-corrected chi connectivity index (χ2v) is 5.29. The van der Waals surface area contributed by atoms with E-state index in [0.29, 0.717) is 12.5 Å². The molecule has 1 fully saturated rings. The van der Waals surface area contributed by atoms with Crippen molar-refractivity contribution in [3.63, 3.8) is 0 Å². The molecule has 1 atom stereocenters. The Morgan fingerprint density at radius 3 is 2.35 bits per heavy atom. The SMILES string of the molecule is CCC(CC(=N)N)N1CCN(c2ccc(F)cc2)CC1. The van der Waals surface area contributed by atoms with Crippen LogP contribution in [0, 0.1) is 11.2 Å². The van der Waals surface area contributed by atoms with Crippen LogP contribution in [0.5, 0.6) is 0 Å². The molecule has 1 aliphatic rings. The molecule has 3 N–H and O–H groups in total. The number of hydrogen-bond donors (Lipinski definition) is 2. The van der Waals surface area contributed by atoms with Gasteiger partial charge in [0.05, 0.1) is 5.84 Å². The molecule has 0 amide bonds. The Kier molecular flexibility index (Phi) is 4.95. The van der Waals surface area contributed by atoms with Crippen molar-refractivity contribution in [2.45, 2.75) is 25.8 Å². The zero-order chi connectivity index (χ0) is 14.5. The highest BCUT2D eigenvalue weighted by molar-refractivity contribution is 5.77. The van der Waals surface area contributed by atoms with Gasteiger partial charge in [-0.05, 0) is 30.7 Å². The molecule has 1 unspecified atom stereocenters. The van der Waals surface area contributed by atoms with E-state index in [0.717, 1.165) is 38.3 Å². The molecule has 1 saturated heterocycles. The van der Waals surface area contributed by atoms with Crippen LogP contribution in [0.3, 0.4) is 0 Å². The van der Waals surface area contributed by atoms with Gasteiger partial charge in [0.15, 0.2) is 0 Å². The summed E-state index contributed by atoms with van der Waals surface area (Å²) in [6, 6.07) is 7.04. The van der Waals surface area contributed by atoms with E-state index in [1.807, 2.05) is 12.1 Å². The summed E-state index contributed by atoms with van der Waals surface area (Å²) in [7, 11) is 0. The van der Waals surface area contributed by atoms with Crippen molar-refractivity contribution in [2.75, 3.05) is 31.1 Å². The maximum atomic E-state index is 12.9. The standard InChI is InChI=1S/C15H23FN4/c1-2-13(11-15(17)18)19-7-9-20(10-8-19)14-5-3-12(16)4-6-14/h3-6,13H,2,7-11H2,1H3,(H3,17,18). The largest absolute Gasteiger partial charge is 0.388 e. The second kappa shape index (κ2) is 6.70. The summed E-state index contributed by atoms with van der Waals surface area (Å²) in [6.07, 6.45) is 1.66. The van der Waals surface area contributed by atoms with Gasteiger partial charge >= 0.3 is 0 Å². The molecule has 5 heteroatoms. The van der Waals surface area contributed by atoms with Gasteiger partial charge in [-0.25, -0.2) is 4.39 Å². The van der Waals surface area contributed by atoms with E-state index in [4.69, 9.17) is 11.1 Å². The monoisotopic (exact) mass is 278 g/mol. The van der Waals surface area contributed by atoms with Gasteiger partial charge in [-0.3, -0.25) is 10.3 Å². The van der Waals surface area contributed by atoms with Crippen molar-refractivity contribution < 1.29 is 4.39 Å². The zero-order valence-electron chi connectivity index (χ0n) is 12.0. The first-order valence-electron chi connectivity index (χ1n) is 7.17. The third-order valence-corrected chi connectivity index (χ3v) is 3.95. The summed E-state index contributed by atoms with van der Waals surface area (Å²) in [6.45, 7) is 5.92. The smallest absolute Gasteiger partial charge is 0.123 e. The van der Waals surface area contributed by atoms with Crippen molar-refractivity contribution >= 4 is 11.5 Å². The highest BCUT2D eigenvalue weighted by Gasteiger charge is 2.23. The lowest BCUT2D eigenvalue weighted by Gasteiger charge is -2.40. The van der Waals surface area contributed by atoms with Crippen LogP contribution in [0.15, 0.2) is 24.3 Å². The predicted octanol–water partition coefficient (Wildman–Crippen LogP) is 2.05. The maximum absolute atomic E-state index is 12.9. The number of nitrogens with two attached hydrogens (primary N) is 1. The summed E-state index contributed by atoms with van der Waals surface area (Å²) in [5.41, 5.74) is 6.59. The number of amidine groups is 1. The van der Waals surface area contributed by atoms with Gasteiger partial charge < -0.3 is 10.6 Å². The Morgan fingerprint density at radius 2 is 1.85 bits per heavy atom. The first kappa shape index (κ1) is 14.8. The minimum Gasteiger partial charge on any atom is -0.388 e. The second-order valence-electron chi connectivity index (χ2n) is 5.29. The molecule has 0 saturated carbocycles. The summed E-state index contributed by atoms with van der Waals surface area (Å²) >= 11 is 0. The molecule has 0 radical (unpaired) electrons. The molecule has 0 aromatic heterocycles. The van der Waals surface area contributed by atoms with Crippen LogP contribution in [-0.2, 0) is 0 Å². The average Bonchev–Trinajstić information content (AvgIpc) is 2.46. The summed E-state index contributed by atoms with van der Waals surface area (Å²) < 4.78 is 12.9. The van der Waals surface area contributed by atoms with Crippen LogP contribution in [0.2, 0.25) is 0 Å². The van der Waals surface area contributed by atoms with Crippen molar-refractivity contribution in [3.8, 4) is 0 Å². The summed E-state index contributed by atoms with van der Waals surface area (Å²) in [5.74, 6) is 0.0673. The fourth-order valence-corrected chi connectivity index (χ4v) is 2.78. The first-order chi connectivity index (χ1) is 9.60. The number of rotatable bonds is 5. The number of nitrogens with zero attached hydrogens (tertiary/aromatic N) is 2. The third-order valence-electron chi connectivity index (χ3n) is 3.95. The molecule has 0 spiro atoms. The van der Waals surface area contributed by atoms with Gasteiger partial charge in [0, 0.05) is 44.3 Å². The van der Waals surface area contributed by atoms with E-state index in [1.54, 1.807) is 0 Å². The number of piperazine rings is 1. The van der Waals surface area contributed by atoms with Crippen LogP contribution < -0.4 is 10.6 Å². The zero-order valence-corrected chi connectivity index (χ0v) is 12.0. The number of hydrogen-bond acceptors (Lipinski definition) is 3. The number of nitrogens with one attached hydrogen (secondary N) is 1. The average molecular weight is 278 g/mol. The highest BCUT2D eigenvalue weighted by atomic mass is 19.1. The van der Waals surface area contributed by atoms with E-state index < -0.39 is 0 Å². The minimum absolute atomic E-state index is 0.195. The highest BCUT2D eigenvalue weighted by Crippen LogP contribution is 2.19. The molecule has 1 aromatic rings. The molecule has 2 rings (SSSR count). The molecule has 0 aliphatic carbocycles. The maximum Gasteiger partial charge on any atom is 0.123 e. The minimum atomic E-state index is -0.195. The summed E-state index contributed by atoms with van der Waals surface area (Å²) in [4.78, 5) is 4.68. The number of benzene rings is 1. The Labute approximate surface area is 119 Å². The molecule has 1 aliphatic heterocycles. The first-order valence-corrected chi connectivity index (χ1v) is 7.17. The van der Waals surface area contributed by atoms with E-state index in [2.05, 4.69) is 16.7 Å². The molecule has 110 valence electrons. The van der Waals surface area contributed by atoms with Crippen molar-refractivity contribution in [1.82, 2.24) is 4.90 Å². The fraction of sp³-hybridized carbons (Fsp3) is 0.533. The number of halogens is 1. The van der Waals surface area contributed by atoms with Crippen LogP contribution in [0.25, 0.3) is 0 Å². The lowest BCUT2D eigenvalue weighted by Crippen LogP contribution is -2.51. The van der Waals surface area contributed by atoms with E-state index in [-0.39, 0.29) is 11.7 Å². The molecule has 4 nitrogen and oxygen atoms in total. The normalized spacial score (nSPS) is 18.0. The fourth-order valence-electron chi connectivity index (χ4n) is 2.78. The van der Waals surface area contributed by atoms with Crippen LogP contribution >= 0.6 is 0 Å². The molecular formula is C15H23FN4. The molecular weight excluding hydrogens is 255 g/mol. The number of anilines is 1. The molecule has 20 heavy (non-hydrogen) atoms. The van der Waals surface area contributed by atoms with Crippen LogP contribution in [0.4, 0.5) is 10.1 Å².